The van der Waals surface area contributed by atoms with E-state index in [4.69, 9.17) is 9.72 Å². The minimum Gasteiger partial charge on any atom is -0.469 e. The standard InChI is InChI=1S/C33H38N4O3/c1-19(2)24(17-29(38)40-5)33(39)37-16-6-7-28(37)32-34-18-25(35-32)22-11-9-21(10-12-22)23-13-8-20(3)30-26-14-15-27(31(23)30)36(26)4/h8-15,18-19,24,26-28H,6-7,16-17H2,1-5H3,(H,34,35)/t24-,26?,27?,28-/m0/s1. The van der Waals surface area contributed by atoms with Crippen molar-refractivity contribution in [1.29, 1.82) is 0 Å². The quantitative estimate of drug-likeness (QED) is 0.288. The number of amides is 1. The zero-order valence-electron chi connectivity index (χ0n) is 24.0. The molecule has 1 fully saturated rings. The van der Waals surface area contributed by atoms with Gasteiger partial charge < -0.3 is 14.6 Å². The van der Waals surface area contributed by atoms with Gasteiger partial charge in [-0.15, -0.1) is 0 Å². The molecule has 2 aromatic carbocycles. The number of H-pyrrole nitrogens is 1. The summed E-state index contributed by atoms with van der Waals surface area (Å²) < 4.78 is 4.86. The number of imidazole rings is 1. The maximum absolute atomic E-state index is 13.5. The SMILES string of the molecule is COC(=O)C[C@H](C(=O)N1CCC[C@H]1c1ncc(-c2ccc(-c3ccc(C)c4c3C3C=CC4N3C)cc2)[nH]1)C(C)C. The summed E-state index contributed by atoms with van der Waals surface area (Å²) in [5.74, 6) is 0.0967. The van der Waals surface area contributed by atoms with Gasteiger partial charge in [0, 0.05) is 6.54 Å². The molecule has 4 atom stereocenters. The van der Waals surface area contributed by atoms with Gasteiger partial charge in [-0.25, -0.2) is 4.98 Å². The molecule has 6 rings (SSSR count). The molecule has 7 heteroatoms. The molecular formula is C33H38N4O3. The van der Waals surface area contributed by atoms with Crippen molar-refractivity contribution >= 4 is 11.9 Å². The molecule has 0 spiro atoms. The van der Waals surface area contributed by atoms with Crippen molar-refractivity contribution in [2.75, 3.05) is 20.7 Å². The van der Waals surface area contributed by atoms with Crippen LogP contribution in [-0.4, -0.2) is 52.3 Å². The van der Waals surface area contributed by atoms with Crippen molar-refractivity contribution in [3.8, 4) is 22.4 Å². The molecule has 7 nitrogen and oxygen atoms in total. The molecule has 4 heterocycles. The summed E-state index contributed by atoms with van der Waals surface area (Å²) >= 11 is 0. The molecule has 3 aromatic rings. The molecule has 208 valence electrons. The average molecular weight is 539 g/mol. The van der Waals surface area contributed by atoms with E-state index in [9.17, 15) is 9.59 Å². The van der Waals surface area contributed by atoms with Crippen LogP contribution in [0.4, 0.5) is 0 Å². The highest BCUT2D eigenvalue weighted by molar-refractivity contribution is 5.84. The lowest BCUT2D eigenvalue weighted by molar-refractivity contribution is -0.148. The smallest absolute Gasteiger partial charge is 0.306 e. The van der Waals surface area contributed by atoms with E-state index in [0.29, 0.717) is 18.6 Å². The Hall–Kier alpha value is -3.71. The fourth-order valence-electron chi connectivity index (χ4n) is 6.84. The zero-order valence-corrected chi connectivity index (χ0v) is 24.0. The van der Waals surface area contributed by atoms with Crippen LogP contribution in [-0.2, 0) is 14.3 Å². The van der Waals surface area contributed by atoms with Crippen molar-refractivity contribution in [2.45, 2.75) is 58.2 Å². The van der Waals surface area contributed by atoms with Crippen molar-refractivity contribution in [3.05, 3.63) is 77.3 Å². The fraction of sp³-hybridized carbons (Fsp3) is 0.424. The molecule has 2 unspecified atom stereocenters. The van der Waals surface area contributed by atoms with E-state index < -0.39 is 5.92 Å². The predicted molar refractivity (Wildman–Crippen MR) is 155 cm³/mol. The number of benzene rings is 2. The van der Waals surface area contributed by atoms with E-state index in [1.54, 1.807) is 0 Å². The third kappa shape index (κ3) is 4.37. The summed E-state index contributed by atoms with van der Waals surface area (Å²) in [5, 5.41) is 0. The van der Waals surface area contributed by atoms with Gasteiger partial charge in [-0.1, -0.05) is 62.4 Å². The predicted octanol–water partition coefficient (Wildman–Crippen LogP) is 6.15. The lowest BCUT2D eigenvalue weighted by atomic mass is 9.86. The molecule has 2 bridgehead atoms. The Labute approximate surface area is 236 Å². The number of nitrogens with one attached hydrogen (secondary N) is 1. The molecule has 1 aromatic heterocycles. The first-order chi connectivity index (χ1) is 19.3. The van der Waals surface area contributed by atoms with Crippen LogP contribution in [0.3, 0.4) is 0 Å². The lowest BCUT2D eigenvalue weighted by Gasteiger charge is -2.29. The number of rotatable bonds is 7. The van der Waals surface area contributed by atoms with Crippen LogP contribution in [0, 0.1) is 18.8 Å². The third-order valence-electron chi connectivity index (χ3n) is 9.14. The summed E-state index contributed by atoms with van der Waals surface area (Å²) in [6.45, 7) is 6.85. The van der Waals surface area contributed by atoms with E-state index >= 15 is 0 Å². The number of carbonyl (C=O) groups excluding carboxylic acids is 2. The van der Waals surface area contributed by atoms with E-state index in [1.165, 1.54) is 34.9 Å². The summed E-state index contributed by atoms with van der Waals surface area (Å²) in [4.78, 5) is 38.0. The van der Waals surface area contributed by atoms with Crippen molar-refractivity contribution in [2.24, 2.45) is 11.8 Å². The average Bonchev–Trinajstić information content (AvgIpc) is 3.75. The molecule has 1 N–H and O–H groups in total. The Bertz CT molecular complexity index is 1470. The monoisotopic (exact) mass is 538 g/mol. The number of aryl methyl sites for hydroxylation is 1. The van der Waals surface area contributed by atoms with Crippen LogP contribution in [0.15, 0.2) is 54.7 Å². The number of hydrogen-bond donors (Lipinski definition) is 1. The Morgan fingerprint density at radius 3 is 2.45 bits per heavy atom. The zero-order chi connectivity index (χ0) is 28.1. The van der Waals surface area contributed by atoms with Gasteiger partial charge in [0.1, 0.15) is 5.82 Å². The number of fused-ring (bicyclic) bond motifs is 5. The Kier molecular flexibility index (Phi) is 6.87. The normalized spacial score (nSPS) is 22.2. The molecule has 3 aliphatic rings. The molecule has 0 saturated carbocycles. The largest absolute Gasteiger partial charge is 0.469 e. The highest BCUT2D eigenvalue weighted by Gasteiger charge is 2.40. The third-order valence-corrected chi connectivity index (χ3v) is 9.14. The minimum absolute atomic E-state index is 0.00465. The van der Waals surface area contributed by atoms with Gasteiger partial charge in [-0.3, -0.25) is 14.5 Å². The number of methoxy groups -OCH3 is 1. The first kappa shape index (κ1) is 26.5. The number of aromatic amines is 1. The number of nitrogens with zero attached hydrogens (tertiary/aromatic N) is 3. The van der Waals surface area contributed by atoms with Crippen LogP contribution < -0.4 is 0 Å². The van der Waals surface area contributed by atoms with Gasteiger partial charge in [-0.05, 0) is 66.1 Å². The second-order valence-corrected chi connectivity index (χ2v) is 11.8. The number of hydrogen-bond acceptors (Lipinski definition) is 5. The van der Waals surface area contributed by atoms with Crippen molar-refractivity contribution in [3.63, 3.8) is 0 Å². The van der Waals surface area contributed by atoms with E-state index in [1.807, 2.05) is 24.9 Å². The first-order valence-electron chi connectivity index (χ1n) is 14.3. The number of likely N-dealkylation sites (N-methyl/N-ethyl adjacent to an activating group) is 1. The summed E-state index contributed by atoms with van der Waals surface area (Å²) in [6, 6.07) is 13.8. The Balaban J connectivity index is 1.22. The Morgan fingerprint density at radius 1 is 1.05 bits per heavy atom. The van der Waals surface area contributed by atoms with Crippen LogP contribution in [0.25, 0.3) is 22.4 Å². The number of carbonyl (C=O) groups is 2. The van der Waals surface area contributed by atoms with E-state index in [0.717, 1.165) is 29.9 Å². The molecule has 0 radical (unpaired) electrons. The van der Waals surface area contributed by atoms with E-state index in [-0.39, 0.29) is 30.3 Å². The maximum atomic E-state index is 13.5. The number of esters is 1. The van der Waals surface area contributed by atoms with Gasteiger partial charge in [-0.2, -0.15) is 0 Å². The molecule has 1 amide bonds. The molecule has 3 aliphatic heterocycles. The summed E-state index contributed by atoms with van der Waals surface area (Å²) in [7, 11) is 3.57. The van der Waals surface area contributed by atoms with Crippen molar-refractivity contribution < 1.29 is 14.3 Å². The highest BCUT2D eigenvalue weighted by Crippen LogP contribution is 2.52. The minimum atomic E-state index is -0.399. The molecular weight excluding hydrogens is 500 g/mol. The molecule has 0 aliphatic carbocycles. The molecule has 1 saturated heterocycles. The van der Waals surface area contributed by atoms with Crippen LogP contribution in [0.2, 0.25) is 0 Å². The van der Waals surface area contributed by atoms with Gasteiger partial charge in [0.05, 0.1) is 49.5 Å². The summed E-state index contributed by atoms with van der Waals surface area (Å²) in [6.07, 6.45) is 8.38. The van der Waals surface area contributed by atoms with Crippen LogP contribution >= 0.6 is 0 Å². The highest BCUT2D eigenvalue weighted by atomic mass is 16.5. The summed E-state index contributed by atoms with van der Waals surface area (Å²) in [5.41, 5.74) is 8.76. The second kappa shape index (κ2) is 10.4. The topological polar surface area (TPSA) is 78.5 Å². The van der Waals surface area contributed by atoms with Gasteiger partial charge in [0.15, 0.2) is 0 Å². The molecule has 40 heavy (non-hydrogen) atoms. The number of ether oxygens (including phenoxy) is 1. The van der Waals surface area contributed by atoms with Gasteiger partial charge in [0.25, 0.3) is 0 Å². The van der Waals surface area contributed by atoms with Gasteiger partial charge >= 0.3 is 5.97 Å². The Morgan fingerprint density at radius 2 is 1.75 bits per heavy atom. The number of aromatic nitrogens is 2. The fourth-order valence-corrected chi connectivity index (χ4v) is 6.84. The van der Waals surface area contributed by atoms with Gasteiger partial charge in [0.2, 0.25) is 5.91 Å². The van der Waals surface area contributed by atoms with Crippen molar-refractivity contribution in [1.82, 2.24) is 19.8 Å². The first-order valence-corrected chi connectivity index (χ1v) is 14.3. The van der Waals surface area contributed by atoms with Crippen LogP contribution in [0.5, 0.6) is 0 Å². The van der Waals surface area contributed by atoms with Crippen LogP contribution in [0.1, 0.15) is 73.8 Å². The maximum Gasteiger partial charge on any atom is 0.306 e. The number of likely N-dealkylation sites (tertiary alicyclic amines) is 1. The lowest BCUT2D eigenvalue weighted by Crippen LogP contribution is -2.39. The van der Waals surface area contributed by atoms with E-state index in [2.05, 4.69) is 72.4 Å². The second-order valence-electron chi connectivity index (χ2n) is 11.8.